The lowest BCUT2D eigenvalue weighted by molar-refractivity contribution is 0.0978. The van der Waals surface area contributed by atoms with Crippen LogP contribution in [0.5, 0.6) is 5.75 Å². The van der Waals surface area contributed by atoms with Crippen molar-refractivity contribution in [3.63, 3.8) is 0 Å². The number of rotatable bonds is 6. The van der Waals surface area contributed by atoms with Gasteiger partial charge in [0.1, 0.15) is 28.2 Å². The minimum Gasteiger partial charge on any atom is -0.496 e. The second-order valence-electron chi connectivity index (χ2n) is 7.67. The first kappa shape index (κ1) is 25.8. The summed E-state index contributed by atoms with van der Waals surface area (Å²) in [4.78, 5) is 15.9. The average molecular weight is 538 g/mol. The van der Waals surface area contributed by atoms with Gasteiger partial charge in [-0.2, -0.15) is 0 Å². The first-order valence-corrected chi connectivity index (χ1v) is 13.7. The molecular weight excluding hydrogens is 517 g/mol. The van der Waals surface area contributed by atoms with Crippen molar-refractivity contribution in [3.8, 4) is 17.6 Å². The molecule has 8 nitrogen and oxygen atoms in total. The van der Waals surface area contributed by atoms with Gasteiger partial charge in [0, 0.05) is 28.8 Å². The van der Waals surface area contributed by atoms with Crippen LogP contribution >= 0.6 is 0 Å². The summed E-state index contributed by atoms with van der Waals surface area (Å²) in [7, 11) is -4.12. The molecule has 4 aromatic rings. The van der Waals surface area contributed by atoms with Crippen LogP contribution in [0.1, 0.15) is 21.6 Å². The van der Waals surface area contributed by atoms with Gasteiger partial charge in [-0.1, -0.05) is 36.1 Å². The highest BCUT2D eigenvalue weighted by molar-refractivity contribution is 7.93. The maximum Gasteiger partial charge on any atom is 0.281 e. The van der Waals surface area contributed by atoms with Gasteiger partial charge in [-0.3, -0.25) is 14.2 Å². The molecule has 0 spiro atoms. The second kappa shape index (κ2) is 10.8. The highest BCUT2D eigenvalue weighted by Gasteiger charge is 2.20. The number of pyridine rings is 1. The van der Waals surface area contributed by atoms with Gasteiger partial charge in [-0.25, -0.2) is 22.0 Å². The van der Waals surface area contributed by atoms with Crippen LogP contribution in [0.25, 0.3) is 10.8 Å². The number of aromatic nitrogens is 1. The molecule has 0 saturated carbocycles. The number of ether oxygens (including phenoxy) is 1. The van der Waals surface area contributed by atoms with Crippen molar-refractivity contribution in [1.29, 1.82) is 0 Å². The first-order chi connectivity index (χ1) is 17.7. The number of methoxy groups -OCH3 is 1. The molecule has 0 saturated heterocycles. The number of nitrogens with one attached hydrogen (secondary N) is 2. The molecule has 1 atom stereocenters. The number of sulfonamides is 1. The molecule has 0 bridgehead atoms. The standard InChI is InChI=1S/C26H20FN3O5S2/c1-35-24-13-14-25(21-6-4-3-5-20(21)24)37(33,34)30-22-12-10-19(27)15-18(22)9-7-17-8-11-23(28-16-17)26(31)29-36(2)32/h3-6,8,10-16,30H,1-2H3,(H,29,31). The molecule has 3 aromatic carbocycles. The molecule has 4 rings (SSSR count). The predicted octanol–water partition coefficient (Wildman–Crippen LogP) is 3.61. The number of carbonyl (C=O) groups is 1. The Balaban J connectivity index is 1.66. The Hall–Kier alpha value is -4.27. The Morgan fingerprint density at radius 3 is 2.46 bits per heavy atom. The summed E-state index contributed by atoms with van der Waals surface area (Å²) in [6, 6.07) is 16.4. The van der Waals surface area contributed by atoms with E-state index in [-0.39, 0.29) is 21.8 Å². The molecule has 1 amide bonds. The van der Waals surface area contributed by atoms with E-state index in [2.05, 4.69) is 26.3 Å². The molecule has 188 valence electrons. The number of hydrogen-bond donors (Lipinski definition) is 2. The van der Waals surface area contributed by atoms with Crippen LogP contribution in [0.4, 0.5) is 10.1 Å². The lowest BCUT2D eigenvalue weighted by Gasteiger charge is -2.13. The topological polar surface area (TPSA) is 114 Å². The van der Waals surface area contributed by atoms with Gasteiger partial charge in [0.25, 0.3) is 15.9 Å². The normalized spacial score (nSPS) is 11.8. The van der Waals surface area contributed by atoms with E-state index in [1.165, 1.54) is 43.8 Å². The molecule has 1 heterocycles. The van der Waals surface area contributed by atoms with Crippen molar-refractivity contribution in [3.05, 3.63) is 95.6 Å². The number of amides is 1. The fourth-order valence-corrected chi connectivity index (χ4v) is 5.15. The van der Waals surface area contributed by atoms with Crippen LogP contribution in [-0.4, -0.2) is 36.9 Å². The number of carbonyl (C=O) groups excluding carboxylic acids is 1. The van der Waals surface area contributed by atoms with E-state index in [1.807, 2.05) is 0 Å². The largest absolute Gasteiger partial charge is 0.496 e. The van der Waals surface area contributed by atoms with Crippen molar-refractivity contribution >= 4 is 43.4 Å². The molecule has 0 radical (unpaired) electrons. The number of hydrogen-bond acceptors (Lipinski definition) is 6. The molecule has 1 aromatic heterocycles. The van der Waals surface area contributed by atoms with Gasteiger partial charge in [0.15, 0.2) is 0 Å². The quantitative estimate of drug-likeness (QED) is 0.363. The highest BCUT2D eigenvalue weighted by Crippen LogP contribution is 2.32. The van der Waals surface area contributed by atoms with Crippen LogP contribution in [0, 0.1) is 17.7 Å². The number of benzene rings is 3. The van der Waals surface area contributed by atoms with Crippen LogP contribution in [0.15, 0.2) is 77.8 Å². The van der Waals surface area contributed by atoms with Gasteiger partial charge in [-0.05, 0) is 42.5 Å². The molecule has 1 unspecified atom stereocenters. The van der Waals surface area contributed by atoms with Crippen LogP contribution < -0.4 is 14.2 Å². The summed E-state index contributed by atoms with van der Waals surface area (Å²) in [6.07, 6.45) is 2.65. The third-order valence-electron chi connectivity index (χ3n) is 5.15. The van der Waals surface area contributed by atoms with Crippen molar-refractivity contribution < 1.29 is 26.5 Å². The summed E-state index contributed by atoms with van der Waals surface area (Å²) in [5.41, 5.74) is 0.632. The van der Waals surface area contributed by atoms with Crippen LogP contribution in [-0.2, 0) is 21.0 Å². The molecule has 2 N–H and O–H groups in total. The summed E-state index contributed by atoms with van der Waals surface area (Å²) >= 11 is 0. The van der Waals surface area contributed by atoms with Crippen LogP contribution in [0.2, 0.25) is 0 Å². The molecule has 0 aliphatic rings. The maximum absolute atomic E-state index is 14.0. The Bertz CT molecular complexity index is 1700. The molecule has 11 heteroatoms. The van der Waals surface area contributed by atoms with Crippen molar-refractivity contribution in [2.24, 2.45) is 0 Å². The van der Waals surface area contributed by atoms with E-state index in [0.29, 0.717) is 22.1 Å². The fourth-order valence-electron chi connectivity index (χ4n) is 3.49. The van der Waals surface area contributed by atoms with Crippen molar-refractivity contribution in [2.45, 2.75) is 4.90 Å². The minimum absolute atomic E-state index is 0.0261. The molecule has 0 aliphatic carbocycles. The lowest BCUT2D eigenvalue weighted by atomic mass is 10.1. The van der Waals surface area contributed by atoms with E-state index >= 15 is 0 Å². The molecule has 0 aliphatic heterocycles. The fraction of sp³-hybridized carbons (Fsp3) is 0.0769. The zero-order chi connectivity index (χ0) is 26.6. The Kier molecular flexibility index (Phi) is 7.52. The van der Waals surface area contributed by atoms with Crippen LogP contribution in [0.3, 0.4) is 0 Å². The van der Waals surface area contributed by atoms with E-state index in [1.54, 1.807) is 30.3 Å². The Labute approximate surface area is 215 Å². The lowest BCUT2D eigenvalue weighted by Crippen LogP contribution is -2.25. The number of anilines is 1. The third-order valence-corrected chi connectivity index (χ3v) is 7.05. The van der Waals surface area contributed by atoms with E-state index in [0.717, 1.165) is 12.1 Å². The zero-order valence-electron chi connectivity index (χ0n) is 19.6. The Morgan fingerprint density at radius 2 is 1.78 bits per heavy atom. The van der Waals surface area contributed by atoms with Gasteiger partial charge in [0.2, 0.25) is 0 Å². The van der Waals surface area contributed by atoms with E-state index < -0.39 is 32.7 Å². The number of fused-ring (bicyclic) bond motifs is 1. The predicted molar refractivity (Wildman–Crippen MR) is 139 cm³/mol. The molecule has 37 heavy (non-hydrogen) atoms. The summed E-state index contributed by atoms with van der Waals surface area (Å²) in [5, 5.41) is 1.09. The highest BCUT2D eigenvalue weighted by atomic mass is 32.2. The van der Waals surface area contributed by atoms with Crippen molar-refractivity contribution in [2.75, 3.05) is 18.1 Å². The smallest absolute Gasteiger partial charge is 0.281 e. The van der Waals surface area contributed by atoms with Gasteiger partial charge < -0.3 is 4.74 Å². The average Bonchev–Trinajstić information content (AvgIpc) is 2.87. The van der Waals surface area contributed by atoms with Gasteiger partial charge in [-0.15, -0.1) is 0 Å². The van der Waals surface area contributed by atoms with Gasteiger partial charge in [0.05, 0.1) is 23.3 Å². The summed E-state index contributed by atoms with van der Waals surface area (Å²) < 4.78 is 61.9. The maximum atomic E-state index is 14.0. The molecular formula is C26H20FN3O5S2. The SMILES string of the molecule is COc1ccc(S(=O)(=O)Nc2ccc(F)cc2C#Cc2ccc(C(=O)NS(C)=O)nc2)c2ccccc12. The Morgan fingerprint density at radius 1 is 1.03 bits per heavy atom. The monoisotopic (exact) mass is 537 g/mol. The number of halogens is 1. The summed E-state index contributed by atoms with van der Waals surface area (Å²) in [5.74, 6) is 4.87. The van der Waals surface area contributed by atoms with Gasteiger partial charge >= 0.3 is 0 Å². The number of nitrogens with zero attached hydrogens (tertiary/aromatic N) is 1. The third kappa shape index (κ3) is 5.94. The van der Waals surface area contributed by atoms with E-state index in [9.17, 15) is 21.8 Å². The first-order valence-electron chi connectivity index (χ1n) is 10.7. The minimum atomic E-state index is -4.09. The zero-order valence-corrected chi connectivity index (χ0v) is 21.2. The van der Waals surface area contributed by atoms with E-state index in [4.69, 9.17) is 4.74 Å². The summed E-state index contributed by atoms with van der Waals surface area (Å²) in [6.45, 7) is 0. The molecule has 0 fully saturated rings. The second-order valence-corrected chi connectivity index (χ2v) is 10.4. The van der Waals surface area contributed by atoms with Crippen molar-refractivity contribution in [1.82, 2.24) is 9.71 Å².